The van der Waals surface area contributed by atoms with Crippen LogP contribution in [-0.2, 0) is 0 Å². The summed E-state index contributed by atoms with van der Waals surface area (Å²) in [6, 6.07) is 9.00. The van der Waals surface area contributed by atoms with Crippen LogP contribution in [0.4, 0.5) is 0 Å². The predicted molar refractivity (Wildman–Crippen MR) is 88.9 cm³/mol. The highest BCUT2D eigenvalue weighted by Crippen LogP contribution is 2.22. The standard InChI is InChI=1S/C17H12N6O2/c1-10-8-14(22-16-11(17(24)25)9-20-23(10)16)12-4-2-5-13(21-12)15-18-6-3-7-19-15/h2-9H,1H3,(H,24,25). The number of aromatic nitrogens is 6. The fourth-order valence-corrected chi connectivity index (χ4v) is 2.53. The second kappa shape index (κ2) is 5.75. The molecule has 0 spiro atoms. The van der Waals surface area contributed by atoms with E-state index in [4.69, 9.17) is 0 Å². The Morgan fingerprint density at radius 2 is 1.80 bits per heavy atom. The van der Waals surface area contributed by atoms with Crippen LogP contribution >= 0.6 is 0 Å². The van der Waals surface area contributed by atoms with Gasteiger partial charge in [-0.15, -0.1) is 0 Å². The monoisotopic (exact) mass is 332 g/mol. The zero-order chi connectivity index (χ0) is 17.4. The number of aryl methyl sites for hydroxylation is 1. The molecule has 122 valence electrons. The van der Waals surface area contributed by atoms with E-state index >= 15 is 0 Å². The summed E-state index contributed by atoms with van der Waals surface area (Å²) in [5, 5.41) is 13.4. The first-order chi connectivity index (χ1) is 12.1. The number of fused-ring (bicyclic) bond motifs is 1. The van der Waals surface area contributed by atoms with Crippen LogP contribution in [0.15, 0.2) is 48.9 Å². The number of carboxylic acid groups (broad SMARTS) is 1. The molecule has 0 saturated heterocycles. The van der Waals surface area contributed by atoms with Crippen LogP contribution < -0.4 is 0 Å². The predicted octanol–water partition coefficient (Wildman–Crippen LogP) is 2.25. The molecule has 4 rings (SSSR count). The number of aromatic carboxylic acids is 1. The zero-order valence-electron chi connectivity index (χ0n) is 13.2. The number of carboxylic acids is 1. The summed E-state index contributed by atoms with van der Waals surface area (Å²) in [4.78, 5) is 28.7. The van der Waals surface area contributed by atoms with Crippen molar-refractivity contribution in [3.8, 4) is 22.9 Å². The molecule has 4 aromatic heterocycles. The maximum Gasteiger partial charge on any atom is 0.341 e. The molecule has 0 unspecified atom stereocenters. The van der Waals surface area contributed by atoms with Crippen LogP contribution in [-0.4, -0.2) is 40.6 Å². The lowest BCUT2D eigenvalue weighted by Gasteiger charge is -2.06. The van der Waals surface area contributed by atoms with E-state index in [9.17, 15) is 9.90 Å². The molecule has 25 heavy (non-hydrogen) atoms. The Labute approximate surface area is 141 Å². The molecule has 0 atom stereocenters. The van der Waals surface area contributed by atoms with E-state index in [2.05, 4.69) is 25.0 Å². The minimum Gasteiger partial charge on any atom is -0.477 e. The van der Waals surface area contributed by atoms with Gasteiger partial charge in [0.1, 0.15) is 11.3 Å². The second-order valence-electron chi connectivity index (χ2n) is 5.36. The summed E-state index contributed by atoms with van der Waals surface area (Å²) in [7, 11) is 0. The summed E-state index contributed by atoms with van der Waals surface area (Å²) in [5.74, 6) is -0.559. The highest BCUT2D eigenvalue weighted by atomic mass is 16.4. The van der Waals surface area contributed by atoms with Crippen molar-refractivity contribution in [3.05, 3.63) is 60.2 Å². The third kappa shape index (κ3) is 2.59. The van der Waals surface area contributed by atoms with E-state index < -0.39 is 5.97 Å². The number of nitrogens with zero attached hydrogens (tertiary/aromatic N) is 6. The molecule has 8 nitrogen and oxygen atoms in total. The molecule has 8 heteroatoms. The van der Waals surface area contributed by atoms with Gasteiger partial charge >= 0.3 is 5.97 Å². The SMILES string of the molecule is Cc1cc(-c2cccc(-c3ncccn3)n2)nc2c(C(=O)O)cnn12. The topological polar surface area (TPSA) is 106 Å². The number of carbonyl (C=O) groups is 1. The molecule has 4 heterocycles. The van der Waals surface area contributed by atoms with Crippen molar-refractivity contribution in [2.24, 2.45) is 0 Å². The van der Waals surface area contributed by atoms with Gasteiger partial charge in [0.05, 0.1) is 17.6 Å². The fraction of sp³-hybridized carbons (Fsp3) is 0.0588. The maximum atomic E-state index is 11.3. The summed E-state index contributed by atoms with van der Waals surface area (Å²) < 4.78 is 1.50. The Morgan fingerprint density at radius 3 is 2.56 bits per heavy atom. The molecule has 0 saturated carbocycles. The Bertz CT molecular complexity index is 1090. The van der Waals surface area contributed by atoms with Crippen molar-refractivity contribution in [2.75, 3.05) is 0 Å². The van der Waals surface area contributed by atoms with Gasteiger partial charge in [0.25, 0.3) is 0 Å². The van der Waals surface area contributed by atoms with Gasteiger partial charge in [-0.25, -0.2) is 29.2 Å². The van der Waals surface area contributed by atoms with E-state index in [1.165, 1.54) is 10.7 Å². The average molecular weight is 332 g/mol. The quantitative estimate of drug-likeness (QED) is 0.613. The Morgan fingerprint density at radius 1 is 1.04 bits per heavy atom. The molecule has 0 bridgehead atoms. The first kappa shape index (κ1) is 14.9. The van der Waals surface area contributed by atoms with Crippen molar-refractivity contribution in [2.45, 2.75) is 6.92 Å². The molecular formula is C17H12N6O2. The largest absolute Gasteiger partial charge is 0.477 e. The van der Waals surface area contributed by atoms with Crippen LogP contribution in [0.2, 0.25) is 0 Å². The minimum absolute atomic E-state index is 0.0486. The van der Waals surface area contributed by atoms with Gasteiger partial charge in [-0.2, -0.15) is 5.10 Å². The van der Waals surface area contributed by atoms with Crippen molar-refractivity contribution < 1.29 is 9.90 Å². The molecule has 0 aliphatic heterocycles. The van der Waals surface area contributed by atoms with Crippen molar-refractivity contribution in [3.63, 3.8) is 0 Å². The van der Waals surface area contributed by atoms with Crippen LogP contribution in [0.25, 0.3) is 28.6 Å². The number of hydrogen-bond donors (Lipinski definition) is 1. The van der Waals surface area contributed by atoms with E-state index in [-0.39, 0.29) is 11.2 Å². The number of rotatable bonds is 3. The van der Waals surface area contributed by atoms with E-state index in [0.29, 0.717) is 22.9 Å². The lowest BCUT2D eigenvalue weighted by molar-refractivity contribution is 0.0699. The lowest BCUT2D eigenvalue weighted by atomic mass is 10.2. The highest BCUT2D eigenvalue weighted by Gasteiger charge is 2.16. The van der Waals surface area contributed by atoms with Crippen molar-refractivity contribution in [1.82, 2.24) is 29.5 Å². The molecule has 4 aromatic rings. The second-order valence-corrected chi connectivity index (χ2v) is 5.36. The average Bonchev–Trinajstić information content (AvgIpc) is 3.07. The third-order valence-electron chi connectivity index (χ3n) is 3.69. The molecule has 0 aromatic carbocycles. The smallest absolute Gasteiger partial charge is 0.341 e. The normalized spacial score (nSPS) is 10.9. The lowest BCUT2D eigenvalue weighted by Crippen LogP contribution is -2.02. The first-order valence-electron chi connectivity index (χ1n) is 7.47. The summed E-state index contributed by atoms with van der Waals surface area (Å²) in [5.41, 5.74) is 2.87. The highest BCUT2D eigenvalue weighted by molar-refractivity contribution is 5.94. The van der Waals surface area contributed by atoms with Gasteiger partial charge in [0.2, 0.25) is 0 Å². The molecular weight excluding hydrogens is 320 g/mol. The van der Waals surface area contributed by atoms with E-state index in [0.717, 1.165) is 5.69 Å². The van der Waals surface area contributed by atoms with Crippen LogP contribution in [0.1, 0.15) is 16.1 Å². The van der Waals surface area contributed by atoms with Gasteiger partial charge in [-0.1, -0.05) is 6.07 Å². The van der Waals surface area contributed by atoms with Gasteiger partial charge in [-0.05, 0) is 31.2 Å². The van der Waals surface area contributed by atoms with Crippen molar-refractivity contribution >= 4 is 11.6 Å². The van der Waals surface area contributed by atoms with Gasteiger partial charge in [-0.3, -0.25) is 0 Å². The van der Waals surface area contributed by atoms with Gasteiger partial charge in [0.15, 0.2) is 11.5 Å². The molecule has 0 aliphatic carbocycles. The molecule has 1 N–H and O–H groups in total. The molecule has 0 fully saturated rings. The Balaban J connectivity index is 1.87. The number of pyridine rings is 1. The Kier molecular flexibility index (Phi) is 3.42. The fourth-order valence-electron chi connectivity index (χ4n) is 2.53. The van der Waals surface area contributed by atoms with Crippen LogP contribution in [0.3, 0.4) is 0 Å². The summed E-state index contributed by atoms with van der Waals surface area (Å²) in [6.07, 6.45) is 4.59. The Hall–Kier alpha value is -3.68. The van der Waals surface area contributed by atoms with Crippen LogP contribution in [0.5, 0.6) is 0 Å². The third-order valence-corrected chi connectivity index (χ3v) is 3.69. The molecule has 0 radical (unpaired) electrons. The zero-order valence-corrected chi connectivity index (χ0v) is 13.2. The van der Waals surface area contributed by atoms with E-state index in [1.807, 2.05) is 31.2 Å². The first-order valence-corrected chi connectivity index (χ1v) is 7.47. The van der Waals surface area contributed by atoms with Gasteiger partial charge in [0, 0.05) is 18.1 Å². The summed E-state index contributed by atoms with van der Waals surface area (Å²) >= 11 is 0. The number of hydrogen-bond acceptors (Lipinski definition) is 6. The van der Waals surface area contributed by atoms with E-state index in [1.54, 1.807) is 18.5 Å². The minimum atomic E-state index is -1.07. The van der Waals surface area contributed by atoms with Crippen molar-refractivity contribution in [1.29, 1.82) is 0 Å². The van der Waals surface area contributed by atoms with Gasteiger partial charge < -0.3 is 5.11 Å². The summed E-state index contributed by atoms with van der Waals surface area (Å²) in [6.45, 7) is 1.83. The molecule has 0 aliphatic rings. The van der Waals surface area contributed by atoms with Crippen LogP contribution in [0, 0.1) is 6.92 Å². The molecule has 0 amide bonds. The maximum absolute atomic E-state index is 11.3.